The van der Waals surface area contributed by atoms with Crippen LogP contribution in [0.3, 0.4) is 0 Å². The van der Waals surface area contributed by atoms with Gasteiger partial charge in [0.15, 0.2) is 0 Å². The van der Waals surface area contributed by atoms with E-state index in [-0.39, 0.29) is 13.2 Å². The molecule has 0 unspecified atom stereocenters. The molecule has 18 heavy (non-hydrogen) atoms. The maximum Gasteiger partial charge on any atom is 0.251 e. The van der Waals surface area contributed by atoms with E-state index in [9.17, 15) is 9.59 Å². The molecule has 5 nitrogen and oxygen atoms in total. The lowest BCUT2D eigenvalue weighted by Crippen LogP contribution is -2.33. The lowest BCUT2D eigenvalue weighted by Gasteiger charge is -2.04. The molecule has 0 aliphatic carbocycles. The molecule has 0 radical (unpaired) electrons. The van der Waals surface area contributed by atoms with Gasteiger partial charge in [0.25, 0.3) is 5.91 Å². The maximum atomic E-state index is 11.6. The van der Waals surface area contributed by atoms with Gasteiger partial charge in [-0.1, -0.05) is 23.4 Å². The van der Waals surface area contributed by atoms with Crippen LogP contribution in [0.4, 0.5) is 0 Å². The summed E-state index contributed by atoms with van der Waals surface area (Å²) in [6.07, 6.45) is 0. The molecule has 0 aliphatic heterocycles. The summed E-state index contributed by atoms with van der Waals surface area (Å²) >= 11 is 5.92. The van der Waals surface area contributed by atoms with Crippen molar-refractivity contribution >= 4 is 23.4 Å². The molecule has 0 atom stereocenters. The highest BCUT2D eigenvalue weighted by atomic mass is 35.5. The zero-order valence-corrected chi connectivity index (χ0v) is 10.1. The summed E-state index contributed by atoms with van der Waals surface area (Å²) in [5.74, 6) is 4.02. The van der Waals surface area contributed by atoms with Gasteiger partial charge in [-0.05, 0) is 18.2 Å². The summed E-state index contributed by atoms with van der Waals surface area (Å²) in [5, 5.41) is 11.2. The number of primary amides is 1. The Hall–Kier alpha value is -2.03. The van der Waals surface area contributed by atoms with Gasteiger partial charge in [0, 0.05) is 11.1 Å². The third-order valence-electron chi connectivity index (χ3n) is 1.96. The van der Waals surface area contributed by atoms with Gasteiger partial charge in [-0.2, -0.15) is 0 Å². The molecule has 0 spiro atoms. The van der Waals surface area contributed by atoms with Crippen molar-refractivity contribution in [1.29, 1.82) is 0 Å². The van der Waals surface area contributed by atoms with Crippen LogP contribution in [0.25, 0.3) is 0 Å². The summed E-state index contributed by atoms with van der Waals surface area (Å²) in [5.41, 5.74) is 5.72. The van der Waals surface area contributed by atoms with E-state index in [2.05, 4.69) is 17.2 Å². The van der Waals surface area contributed by atoms with E-state index in [0.717, 1.165) is 0 Å². The molecule has 0 saturated heterocycles. The van der Waals surface area contributed by atoms with E-state index in [0.29, 0.717) is 16.1 Å². The van der Waals surface area contributed by atoms with Crippen LogP contribution in [-0.4, -0.2) is 30.1 Å². The van der Waals surface area contributed by atoms with Gasteiger partial charge in [-0.15, -0.1) is 0 Å². The van der Waals surface area contributed by atoms with Gasteiger partial charge < -0.3 is 16.2 Å². The zero-order chi connectivity index (χ0) is 13.5. The van der Waals surface area contributed by atoms with Crippen LogP contribution in [0.1, 0.15) is 15.9 Å². The highest BCUT2D eigenvalue weighted by Gasteiger charge is 2.08. The maximum absolute atomic E-state index is 11.6. The first-order chi connectivity index (χ1) is 8.54. The Balaban J connectivity index is 2.83. The quantitative estimate of drug-likeness (QED) is 0.667. The molecule has 1 rings (SSSR count). The summed E-state index contributed by atoms with van der Waals surface area (Å²) in [6.45, 7) is -0.500. The molecular formula is C12H11ClN2O3. The monoisotopic (exact) mass is 266 g/mol. The Morgan fingerprint density at radius 2 is 2.17 bits per heavy atom. The SMILES string of the molecule is NC(=O)CNC(=O)c1ccc(C#CCO)c(Cl)c1. The lowest BCUT2D eigenvalue weighted by molar-refractivity contribution is -0.117. The number of aliphatic hydroxyl groups is 1. The third kappa shape index (κ3) is 4.09. The smallest absolute Gasteiger partial charge is 0.251 e. The van der Waals surface area contributed by atoms with Crippen molar-refractivity contribution < 1.29 is 14.7 Å². The van der Waals surface area contributed by atoms with Crippen molar-refractivity contribution in [2.75, 3.05) is 13.2 Å². The molecule has 0 aromatic heterocycles. The molecule has 1 aromatic carbocycles. The van der Waals surface area contributed by atoms with E-state index in [1.807, 2.05) is 0 Å². The minimum Gasteiger partial charge on any atom is -0.384 e. The first-order valence-electron chi connectivity index (χ1n) is 5.00. The normalized spacial score (nSPS) is 9.22. The number of rotatable bonds is 3. The Morgan fingerprint density at radius 1 is 1.44 bits per heavy atom. The second-order valence-corrected chi connectivity index (χ2v) is 3.71. The molecule has 0 bridgehead atoms. The van der Waals surface area contributed by atoms with Gasteiger partial charge in [-0.25, -0.2) is 0 Å². The lowest BCUT2D eigenvalue weighted by atomic mass is 10.1. The second kappa shape index (κ2) is 6.64. The van der Waals surface area contributed by atoms with Gasteiger partial charge >= 0.3 is 0 Å². The van der Waals surface area contributed by atoms with E-state index in [1.165, 1.54) is 12.1 Å². The van der Waals surface area contributed by atoms with Gasteiger partial charge in [0.1, 0.15) is 6.61 Å². The Labute approximate surface area is 109 Å². The van der Waals surface area contributed by atoms with Crippen molar-refractivity contribution in [2.24, 2.45) is 5.73 Å². The van der Waals surface area contributed by atoms with Crippen molar-refractivity contribution in [1.82, 2.24) is 5.32 Å². The number of carbonyl (C=O) groups excluding carboxylic acids is 2. The molecule has 0 fully saturated rings. The van der Waals surface area contributed by atoms with E-state index in [4.69, 9.17) is 22.4 Å². The number of aliphatic hydroxyl groups excluding tert-OH is 1. The Kier molecular flexibility index (Phi) is 5.18. The molecule has 6 heteroatoms. The molecular weight excluding hydrogens is 256 g/mol. The van der Waals surface area contributed by atoms with Crippen LogP contribution >= 0.6 is 11.6 Å². The van der Waals surface area contributed by atoms with E-state index in [1.54, 1.807) is 6.07 Å². The number of amides is 2. The highest BCUT2D eigenvalue weighted by molar-refractivity contribution is 6.32. The van der Waals surface area contributed by atoms with Crippen LogP contribution in [0.5, 0.6) is 0 Å². The van der Waals surface area contributed by atoms with E-state index >= 15 is 0 Å². The van der Waals surface area contributed by atoms with Crippen LogP contribution in [0.2, 0.25) is 5.02 Å². The standard InChI is InChI=1S/C12H11ClN2O3/c13-10-6-9(12(18)15-7-11(14)17)4-3-8(10)2-1-5-16/h3-4,6,16H,5,7H2,(H2,14,17)(H,15,18). The molecule has 2 amide bonds. The van der Waals surface area contributed by atoms with Crippen LogP contribution in [-0.2, 0) is 4.79 Å². The summed E-state index contributed by atoms with van der Waals surface area (Å²) in [7, 11) is 0. The fourth-order valence-electron chi connectivity index (χ4n) is 1.16. The molecule has 4 N–H and O–H groups in total. The molecule has 0 aliphatic rings. The fraction of sp³-hybridized carbons (Fsp3) is 0.167. The number of carbonyl (C=O) groups is 2. The van der Waals surface area contributed by atoms with Gasteiger partial charge in [-0.3, -0.25) is 9.59 Å². The molecule has 94 valence electrons. The topological polar surface area (TPSA) is 92.4 Å². The summed E-state index contributed by atoms with van der Waals surface area (Å²) in [6, 6.07) is 4.51. The number of nitrogens with one attached hydrogen (secondary N) is 1. The average Bonchev–Trinajstić information content (AvgIpc) is 2.34. The number of halogens is 1. The second-order valence-electron chi connectivity index (χ2n) is 3.30. The predicted molar refractivity (Wildman–Crippen MR) is 66.9 cm³/mol. The predicted octanol–water partition coefficient (Wildman–Crippen LogP) is -0.101. The van der Waals surface area contributed by atoms with Crippen molar-refractivity contribution in [3.63, 3.8) is 0 Å². The van der Waals surface area contributed by atoms with E-state index < -0.39 is 11.8 Å². The fourth-order valence-corrected chi connectivity index (χ4v) is 1.39. The van der Waals surface area contributed by atoms with Gasteiger partial charge in [0.05, 0.1) is 11.6 Å². The van der Waals surface area contributed by atoms with Crippen molar-refractivity contribution in [3.8, 4) is 11.8 Å². The minimum absolute atomic E-state index is 0.234. The average molecular weight is 267 g/mol. The third-order valence-corrected chi connectivity index (χ3v) is 2.27. The molecule has 0 heterocycles. The van der Waals surface area contributed by atoms with Crippen LogP contribution in [0, 0.1) is 11.8 Å². The summed E-state index contributed by atoms with van der Waals surface area (Å²) in [4.78, 5) is 22.1. The first-order valence-corrected chi connectivity index (χ1v) is 5.38. The largest absolute Gasteiger partial charge is 0.384 e. The van der Waals surface area contributed by atoms with Crippen molar-refractivity contribution in [3.05, 3.63) is 34.3 Å². The number of benzene rings is 1. The Morgan fingerprint density at radius 3 is 2.72 bits per heavy atom. The number of nitrogens with two attached hydrogens (primary N) is 1. The van der Waals surface area contributed by atoms with Crippen LogP contribution in [0.15, 0.2) is 18.2 Å². The zero-order valence-electron chi connectivity index (χ0n) is 9.37. The highest BCUT2D eigenvalue weighted by Crippen LogP contribution is 2.16. The number of hydrogen-bond acceptors (Lipinski definition) is 3. The minimum atomic E-state index is -0.625. The van der Waals surface area contributed by atoms with Crippen LogP contribution < -0.4 is 11.1 Å². The molecule has 0 saturated carbocycles. The van der Waals surface area contributed by atoms with Gasteiger partial charge in [0.2, 0.25) is 5.91 Å². The number of hydrogen-bond donors (Lipinski definition) is 3. The molecule has 1 aromatic rings. The van der Waals surface area contributed by atoms with Crippen molar-refractivity contribution in [2.45, 2.75) is 0 Å². The Bertz CT molecular complexity index is 532. The summed E-state index contributed by atoms with van der Waals surface area (Å²) < 4.78 is 0. The first kappa shape index (κ1) is 14.0.